The largest absolute Gasteiger partial charge is 0.368 e. The second-order valence-electron chi connectivity index (χ2n) is 3.92. The summed E-state index contributed by atoms with van der Waals surface area (Å²) in [6.07, 6.45) is 1.68. The molecule has 1 atom stereocenters. The van der Waals surface area contributed by atoms with Crippen molar-refractivity contribution in [2.75, 3.05) is 18.9 Å². The van der Waals surface area contributed by atoms with Gasteiger partial charge in [0.15, 0.2) is 0 Å². The lowest BCUT2D eigenvalue weighted by Crippen LogP contribution is -2.35. The molecule has 1 fully saturated rings. The summed E-state index contributed by atoms with van der Waals surface area (Å²) in [6.45, 7) is 1.46. The summed E-state index contributed by atoms with van der Waals surface area (Å²) in [7, 11) is 0. The molecule has 0 saturated carbocycles. The maximum atomic E-state index is 11.6. The van der Waals surface area contributed by atoms with Crippen LogP contribution in [0.25, 0.3) is 0 Å². The molecule has 1 aliphatic heterocycles. The highest BCUT2D eigenvalue weighted by Crippen LogP contribution is 2.16. The number of hydrogen-bond donors (Lipinski definition) is 1. The van der Waals surface area contributed by atoms with Crippen molar-refractivity contribution in [2.24, 2.45) is 0 Å². The van der Waals surface area contributed by atoms with E-state index >= 15 is 0 Å². The van der Waals surface area contributed by atoms with Crippen LogP contribution in [0.1, 0.15) is 17.7 Å². The molecule has 1 amide bonds. The van der Waals surface area contributed by atoms with Crippen LogP contribution >= 0.6 is 23.1 Å². The lowest BCUT2D eigenvalue weighted by atomic mass is 10.2. The van der Waals surface area contributed by atoms with E-state index in [-0.39, 0.29) is 12.0 Å². The number of nitrogens with one attached hydrogen (secondary N) is 1. The lowest BCUT2D eigenvalue weighted by Gasteiger charge is -2.09. The molecule has 0 aromatic carbocycles. The molecule has 17 heavy (non-hydrogen) atoms. The van der Waals surface area contributed by atoms with Crippen molar-refractivity contribution in [1.82, 2.24) is 5.32 Å². The van der Waals surface area contributed by atoms with Crippen LogP contribution in [0.3, 0.4) is 0 Å². The van der Waals surface area contributed by atoms with E-state index in [0.29, 0.717) is 0 Å². The molecule has 1 N–H and O–H groups in total. The molecule has 0 spiro atoms. The van der Waals surface area contributed by atoms with Crippen molar-refractivity contribution < 1.29 is 9.53 Å². The molecule has 3 nitrogen and oxygen atoms in total. The zero-order valence-corrected chi connectivity index (χ0v) is 11.3. The summed E-state index contributed by atoms with van der Waals surface area (Å²) >= 11 is 3.63. The molecule has 1 aromatic rings. The van der Waals surface area contributed by atoms with Crippen molar-refractivity contribution in [3.05, 3.63) is 22.4 Å². The number of thiophene rings is 1. The van der Waals surface area contributed by atoms with Gasteiger partial charge in [-0.05, 0) is 24.3 Å². The topological polar surface area (TPSA) is 38.3 Å². The van der Waals surface area contributed by atoms with Crippen LogP contribution in [-0.2, 0) is 15.3 Å². The summed E-state index contributed by atoms with van der Waals surface area (Å²) in [5.41, 5.74) is 0. The first-order chi connectivity index (χ1) is 8.36. The Bertz CT molecular complexity index is 334. The summed E-state index contributed by atoms with van der Waals surface area (Å²) in [4.78, 5) is 13.0. The number of carbonyl (C=O) groups excluding carboxylic acids is 1. The van der Waals surface area contributed by atoms with Crippen molar-refractivity contribution >= 4 is 29.0 Å². The average Bonchev–Trinajstić information content (AvgIpc) is 3.01. The van der Waals surface area contributed by atoms with Gasteiger partial charge in [-0.15, -0.1) is 11.3 Å². The fourth-order valence-electron chi connectivity index (χ4n) is 1.71. The minimum absolute atomic E-state index is 0.0548. The Labute approximate surface area is 110 Å². The van der Waals surface area contributed by atoms with Crippen molar-refractivity contribution in [2.45, 2.75) is 24.7 Å². The summed E-state index contributed by atoms with van der Waals surface area (Å²) in [6, 6.07) is 4.21. The first kappa shape index (κ1) is 12.9. The van der Waals surface area contributed by atoms with Crippen LogP contribution in [0.15, 0.2) is 17.5 Å². The van der Waals surface area contributed by atoms with Gasteiger partial charge in [0.25, 0.3) is 0 Å². The molecular formula is C12H17NO2S2. The van der Waals surface area contributed by atoms with Gasteiger partial charge in [0.2, 0.25) is 5.91 Å². The summed E-state index contributed by atoms with van der Waals surface area (Å²) in [5, 5.41) is 5.02. The number of amides is 1. The van der Waals surface area contributed by atoms with Gasteiger partial charge in [-0.3, -0.25) is 4.79 Å². The fourth-order valence-corrected chi connectivity index (χ4v) is 3.41. The van der Waals surface area contributed by atoms with Crippen molar-refractivity contribution in [3.8, 4) is 0 Å². The van der Waals surface area contributed by atoms with E-state index in [9.17, 15) is 4.79 Å². The Kier molecular flexibility index (Phi) is 5.35. The number of ether oxygens (including phenoxy) is 1. The maximum absolute atomic E-state index is 11.6. The predicted molar refractivity (Wildman–Crippen MR) is 72.5 cm³/mol. The Morgan fingerprint density at radius 2 is 2.59 bits per heavy atom. The summed E-state index contributed by atoms with van der Waals surface area (Å²) < 4.78 is 5.31. The van der Waals surface area contributed by atoms with Crippen LogP contribution in [0.5, 0.6) is 0 Å². The smallest absolute Gasteiger partial charge is 0.249 e. The monoisotopic (exact) mass is 271 g/mol. The highest BCUT2D eigenvalue weighted by Gasteiger charge is 2.22. The van der Waals surface area contributed by atoms with E-state index in [1.54, 1.807) is 11.3 Å². The van der Waals surface area contributed by atoms with Gasteiger partial charge < -0.3 is 10.1 Å². The Balaban J connectivity index is 1.52. The molecule has 1 aliphatic rings. The number of hydrogen-bond acceptors (Lipinski definition) is 4. The minimum atomic E-state index is -0.197. The van der Waals surface area contributed by atoms with Crippen LogP contribution in [0, 0.1) is 0 Å². The molecule has 94 valence electrons. The molecule has 0 radical (unpaired) electrons. The number of rotatable bonds is 6. The molecule has 1 aromatic heterocycles. The SMILES string of the molecule is O=C(NCCSCc1cccs1)C1CCCO1. The van der Waals surface area contributed by atoms with Crippen LogP contribution in [0.4, 0.5) is 0 Å². The third-order valence-electron chi connectivity index (χ3n) is 2.59. The molecule has 1 saturated heterocycles. The standard InChI is InChI=1S/C12H17NO2S2/c14-12(11-4-1-6-15-11)13-5-8-16-9-10-3-2-7-17-10/h2-3,7,11H,1,4-6,8-9H2,(H,13,14). The minimum Gasteiger partial charge on any atom is -0.368 e. The lowest BCUT2D eigenvalue weighted by molar-refractivity contribution is -0.129. The van der Waals surface area contributed by atoms with Gasteiger partial charge in [-0.1, -0.05) is 6.07 Å². The van der Waals surface area contributed by atoms with Gasteiger partial charge in [-0.2, -0.15) is 11.8 Å². The van der Waals surface area contributed by atoms with Crippen molar-refractivity contribution in [1.29, 1.82) is 0 Å². The van der Waals surface area contributed by atoms with Gasteiger partial charge in [0.1, 0.15) is 6.10 Å². The third-order valence-corrected chi connectivity index (χ3v) is 4.66. The highest BCUT2D eigenvalue weighted by molar-refractivity contribution is 7.98. The zero-order valence-electron chi connectivity index (χ0n) is 9.69. The van der Waals surface area contributed by atoms with Crippen LogP contribution < -0.4 is 5.32 Å². The Morgan fingerprint density at radius 3 is 3.29 bits per heavy atom. The molecule has 5 heteroatoms. The van der Waals surface area contributed by atoms with E-state index in [1.807, 2.05) is 11.8 Å². The van der Waals surface area contributed by atoms with Crippen LogP contribution in [-0.4, -0.2) is 30.9 Å². The molecule has 1 unspecified atom stereocenters. The predicted octanol–water partition coefficient (Wildman–Crippen LogP) is 2.28. The normalized spacial score (nSPS) is 19.4. The van der Waals surface area contributed by atoms with Gasteiger partial charge in [0, 0.05) is 29.5 Å². The van der Waals surface area contributed by atoms with E-state index in [2.05, 4.69) is 22.8 Å². The Morgan fingerprint density at radius 1 is 1.65 bits per heavy atom. The highest BCUT2D eigenvalue weighted by atomic mass is 32.2. The molecule has 2 rings (SSSR count). The maximum Gasteiger partial charge on any atom is 0.249 e. The van der Waals surface area contributed by atoms with Crippen molar-refractivity contribution in [3.63, 3.8) is 0 Å². The quantitative estimate of drug-likeness (QED) is 0.807. The third kappa shape index (κ3) is 4.33. The first-order valence-electron chi connectivity index (χ1n) is 5.86. The Hall–Kier alpha value is -0.520. The second-order valence-corrected chi connectivity index (χ2v) is 6.06. The molecule has 2 heterocycles. The first-order valence-corrected chi connectivity index (χ1v) is 7.89. The van der Waals surface area contributed by atoms with E-state index in [1.165, 1.54) is 4.88 Å². The fraction of sp³-hybridized carbons (Fsp3) is 0.583. The average molecular weight is 271 g/mol. The summed E-state index contributed by atoms with van der Waals surface area (Å²) in [5.74, 6) is 2.04. The molecule has 0 bridgehead atoms. The van der Waals surface area contributed by atoms with Crippen LogP contribution in [0.2, 0.25) is 0 Å². The number of carbonyl (C=O) groups is 1. The van der Waals surface area contributed by atoms with E-state index < -0.39 is 0 Å². The van der Waals surface area contributed by atoms with E-state index in [0.717, 1.165) is 37.5 Å². The van der Waals surface area contributed by atoms with Gasteiger partial charge >= 0.3 is 0 Å². The second kappa shape index (κ2) is 7.03. The molecule has 0 aliphatic carbocycles. The molecular weight excluding hydrogens is 254 g/mol. The van der Waals surface area contributed by atoms with Gasteiger partial charge in [-0.25, -0.2) is 0 Å². The zero-order chi connectivity index (χ0) is 11.9. The van der Waals surface area contributed by atoms with Gasteiger partial charge in [0.05, 0.1) is 0 Å². The van der Waals surface area contributed by atoms with E-state index in [4.69, 9.17) is 4.74 Å². The number of thioether (sulfide) groups is 1.